The van der Waals surface area contributed by atoms with Gasteiger partial charge in [-0.05, 0) is 35.9 Å². The van der Waals surface area contributed by atoms with E-state index in [1.54, 1.807) is 12.1 Å². The number of hydrogen-bond donors (Lipinski definition) is 2. The van der Waals surface area contributed by atoms with Gasteiger partial charge in [-0.15, -0.1) is 0 Å². The molecule has 0 spiro atoms. The van der Waals surface area contributed by atoms with Crippen molar-refractivity contribution in [2.75, 3.05) is 6.79 Å². The molecule has 0 bridgehead atoms. The Bertz CT molecular complexity index is 799. The summed E-state index contributed by atoms with van der Waals surface area (Å²) in [6, 6.07) is 12.7. The summed E-state index contributed by atoms with van der Waals surface area (Å²) in [6.45, 7) is 0.252. The Kier molecular flexibility index (Phi) is 3.15. The predicted octanol–water partition coefficient (Wildman–Crippen LogP) is 2.55. The first-order valence-corrected chi connectivity index (χ1v) is 7.26. The third-order valence-electron chi connectivity index (χ3n) is 4.02. The van der Waals surface area contributed by atoms with Gasteiger partial charge in [-0.25, -0.2) is 4.79 Å². The quantitative estimate of drug-likeness (QED) is 0.910. The van der Waals surface area contributed by atoms with E-state index in [1.165, 1.54) is 0 Å². The molecule has 0 saturated heterocycles. The normalized spacial score (nSPS) is 18.4. The van der Waals surface area contributed by atoms with Gasteiger partial charge in [0.1, 0.15) is 0 Å². The molecule has 1 unspecified atom stereocenters. The predicted molar refractivity (Wildman–Crippen MR) is 83.0 cm³/mol. The van der Waals surface area contributed by atoms with Crippen LogP contribution in [-0.4, -0.2) is 23.6 Å². The summed E-state index contributed by atoms with van der Waals surface area (Å²) >= 11 is 0. The minimum absolute atomic E-state index is 0.0401. The summed E-state index contributed by atoms with van der Waals surface area (Å²) < 4.78 is 10.7. The second-order valence-corrected chi connectivity index (χ2v) is 5.44. The number of carbonyl (C=O) groups is 1. The van der Waals surface area contributed by atoms with Crippen molar-refractivity contribution in [1.29, 1.82) is 0 Å². The average molecular weight is 310 g/mol. The molecule has 0 aliphatic carbocycles. The first-order chi connectivity index (χ1) is 11.2. The van der Waals surface area contributed by atoms with Gasteiger partial charge in [0, 0.05) is 12.0 Å². The molecular formula is C17H14N2O4. The summed E-state index contributed by atoms with van der Waals surface area (Å²) in [5.74, 6) is 0.564. The summed E-state index contributed by atoms with van der Waals surface area (Å²) in [5.41, 5.74) is 6.33. The van der Waals surface area contributed by atoms with E-state index in [-0.39, 0.29) is 18.4 Å². The van der Waals surface area contributed by atoms with Crippen LogP contribution in [0, 0.1) is 0 Å². The third kappa shape index (κ3) is 2.48. The number of hydrogen-bond acceptors (Lipinski definition) is 5. The molecule has 0 fully saturated rings. The van der Waals surface area contributed by atoms with Crippen molar-refractivity contribution in [2.45, 2.75) is 12.5 Å². The topological polar surface area (TPSA) is 80.2 Å². The number of rotatable bonds is 3. The second kappa shape index (κ2) is 5.31. The highest BCUT2D eigenvalue weighted by molar-refractivity contribution is 6.02. The third-order valence-corrected chi connectivity index (χ3v) is 4.02. The lowest BCUT2D eigenvalue weighted by Gasteiger charge is -2.10. The Morgan fingerprint density at radius 3 is 2.70 bits per heavy atom. The zero-order valence-electron chi connectivity index (χ0n) is 12.2. The second-order valence-electron chi connectivity index (χ2n) is 5.44. The van der Waals surface area contributed by atoms with Gasteiger partial charge < -0.3 is 20.0 Å². The van der Waals surface area contributed by atoms with Gasteiger partial charge in [0.05, 0.1) is 17.3 Å². The number of hydrazone groups is 1. The van der Waals surface area contributed by atoms with Crippen molar-refractivity contribution in [3.05, 3.63) is 59.2 Å². The number of nitrogens with zero attached hydrogens (tertiary/aromatic N) is 1. The molecular weight excluding hydrogens is 296 g/mol. The number of carboxylic acid groups (broad SMARTS) is 1. The zero-order chi connectivity index (χ0) is 15.8. The van der Waals surface area contributed by atoms with Gasteiger partial charge in [-0.3, -0.25) is 0 Å². The maximum absolute atomic E-state index is 10.9. The van der Waals surface area contributed by atoms with Crippen LogP contribution in [0.1, 0.15) is 33.9 Å². The van der Waals surface area contributed by atoms with Crippen LogP contribution in [0.15, 0.2) is 47.6 Å². The van der Waals surface area contributed by atoms with Crippen LogP contribution in [0.4, 0.5) is 0 Å². The lowest BCUT2D eigenvalue weighted by molar-refractivity contribution is 0.0697. The highest BCUT2D eigenvalue weighted by Crippen LogP contribution is 2.34. The van der Waals surface area contributed by atoms with Crippen molar-refractivity contribution < 1.29 is 19.4 Å². The number of nitrogens with one attached hydrogen (secondary N) is 1. The molecule has 116 valence electrons. The van der Waals surface area contributed by atoms with E-state index in [2.05, 4.69) is 10.5 Å². The number of carboxylic acids is 1. The number of benzene rings is 2. The van der Waals surface area contributed by atoms with Crippen LogP contribution in [-0.2, 0) is 0 Å². The summed E-state index contributed by atoms with van der Waals surface area (Å²) in [5, 5.41) is 13.3. The maximum atomic E-state index is 10.9. The van der Waals surface area contributed by atoms with E-state index >= 15 is 0 Å². The van der Waals surface area contributed by atoms with Crippen molar-refractivity contribution >= 4 is 11.7 Å². The van der Waals surface area contributed by atoms with E-state index in [0.29, 0.717) is 0 Å². The molecule has 2 aromatic carbocycles. The van der Waals surface area contributed by atoms with E-state index in [9.17, 15) is 4.79 Å². The number of aromatic carboxylic acids is 1. The van der Waals surface area contributed by atoms with Gasteiger partial charge in [0.15, 0.2) is 11.5 Å². The molecule has 2 aliphatic heterocycles. The molecule has 1 atom stereocenters. The van der Waals surface area contributed by atoms with E-state index in [0.717, 1.165) is 34.8 Å². The van der Waals surface area contributed by atoms with Crippen molar-refractivity contribution in [1.82, 2.24) is 5.43 Å². The van der Waals surface area contributed by atoms with E-state index < -0.39 is 5.97 Å². The van der Waals surface area contributed by atoms with Crippen LogP contribution in [0.3, 0.4) is 0 Å². The van der Waals surface area contributed by atoms with Crippen molar-refractivity contribution in [3.8, 4) is 11.5 Å². The van der Waals surface area contributed by atoms with Crippen LogP contribution in [0.5, 0.6) is 11.5 Å². The lowest BCUT2D eigenvalue weighted by Crippen LogP contribution is -2.10. The van der Waals surface area contributed by atoms with Crippen LogP contribution >= 0.6 is 0 Å². The zero-order valence-corrected chi connectivity index (χ0v) is 12.2. The first-order valence-electron chi connectivity index (χ1n) is 7.26. The Balaban J connectivity index is 1.51. The van der Waals surface area contributed by atoms with Gasteiger partial charge in [-0.1, -0.05) is 12.1 Å². The minimum Gasteiger partial charge on any atom is -0.478 e. The van der Waals surface area contributed by atoms with Gasteiger partial charge in [0.25, 0.3) is 0 Å². The fourth-order valence-electron chi connectivity index (χ4n) is 2.75. The number of ether oxygens (including phenoxy) is 2. The molecule has 2 heterocycles. The minimum atomic E-state index is -0.923. The van der Waals surface area contributed by atoms with E-state index in [1.807, 2.05) is 30.3 Å². The van der Waals surface area contributed by atoms with E-state index in [4.69, 9.17) is 14.6 Å². The van der Waals surface area contributed by atoms with Gasteiger partial charge in [-0.2, -0.15) is 5.10 Å². The molecule has 4 rings (SSSR count). The maximum Gasteiger partial charge on any atom is 0.335 e. The smallest absolute Gasteiger partial charge is 0.335 e. The molecule has 2 aliphatic rings. The summed E-state index contributed by atoms with van der Waals surface area (Å²) in [7, 11) is 0. The molecule has 2 aromatic rings. The Morgan fingerprint density at radius 2 is 1.91 bits per heavy atom. The molecule has 23 heavy (non-hydrogen) atoms. The van der Waals surface area contributed by atoms with Crippen molar-refractivity contribution in [2.24, 2.45) is 5.10 Å². The standard InChI is InChI=1S/C17H14N2O4/c20-17(21)11-3-1-10(2-4-11)13-8-14(19-18-13)12-5-6-15-16(7-12)23-9-22-15/h1-7,13,18H,8-9H2,(H,20,21). The van der Waals surface area contributed by atoms with Crippen LogP contribution < -0.4 is 14.9 Å². The molecule has 0 amide bonds. The Labute approximate surface area is 132 Å². The highest BCUT2D eigenvalue weighted by atomic mass is 16.7. The molecule has 0 radical (unpaired) electrons. The molecule has 0 saturated carbocycles. The SMILES string of the molecule is O=C(O)c1ccc(C2CC(c3ccc4c(c3)OCO4)=NN2)cc1. The highest BCUT2D eigenvalue weighted by Gasteiger charge is 2.23. The Morgan fingerprint density at radius 1 is 1.13 bits per heavy atom. The molecule has 2 N–H and O–H groups in total. The monoisotopic (exact) mass is 310 g/mol. The summed E-state index contributed by atoms with van der Waals surface area (Å²) in [4.78, 5) is 10.9. The largest absolute Gasteiger partial charge is 0.478 e. The van der Waals surface area contributed by atoms with Gasteiger partial charge >= 0.3 is 5.97 Å². The molecule has 6 nitrogen and oxygen atoms in total. The summed E-state index contributed by atoms with van der Waals surface area (Å²) in [6.07, 6.45) is 0.728. The Hall–Kier alpha value is -3.02. The fourth-order valence-corrected chi connectivity index (χ4v) is 2.75. The molecule has 0 aromatic heterocycles. The first kappa shape index (κ1) is 13.6. The lowest BCUT2D eigenvalue weighted by atomic mass is 9.98. The molecule has 6 heteroatoms. The van der Waals surface area contributed by atoms with Crippen molar-refractivity contribution in [3.63, 3.8) is 0 Å². The fraction of sp³-hybridized carbons (Fsp3) is 0.176. The van der Waals surface area contributed by atoms with Gasteiger partial charge in [0.2, 0.25) is 6.79 Å². The van der Waals surface area contributed by atoms with Crippen LogP contribution in [0.25, 0.3) is 0 Å². The number of fused-ring (bicyclic) bond motifs is 1. The average Bonchev–Trinajstić information content (AvgIpc) is 3.23. The van der Waals surface area contributed by atoms with Crippen LogP contribution in [0.2, 0.25) is 0 Å².